The van der Waals surface area contributed by atoms with Crippen molar-refractivity contribution >= 4 is 28.5 Å². The summed E-state index contributed by atoms with van der Waals surface area (Å²) in [5.41, 5.74) is 1.12. The number of halogens is 1. The van der Waals surface area contributed by atoms with Gasteiger partial charge in [-0.05, 0) is 37.1 Å². The van der Waals surface area contributed by atoms with E-state index in [0.29, 0.717) is 27.9 Å². The van der Waals surface area contributed by atoms with Crippen LogP contribution in [0.3, 0.4) is 0 Å². The van der Waals surface area contributed by atoms with Crippen molar-refractivity contribution in [2.75, 3.05) is 5.75 Å². The molecule has 5 rings (SSSR count). The van der Waals surface area contributed by atoms with Crippen LogP contribution in [0.5, 0.6) is 0 Å². The molecular formula is C21H16FN3O2S. The summed E-state index contributed by atoms with van der Waals surface area (Å²) in [6, 6.07) is 16.1. The minimum atomic E-state index is -0.327. The Morgan fingerprint density at radius 1 is 1.14 bits per heavy atom. The highest BCUT2D eigenvalue weighted by Crippen LogP contribution is 2.41. The van der Waals surface area contributed by atoms with Crippen LogP contribution < -0.4 is 0 Å². The molecule has 5 nitrogen and oxygen atoms in total. The second-order valence-electron chi connectivity index (χ2n) is 6.75. The van der Waals surface area contributed by atoms with Gasteiger partial charge in [-0.15, -0.1) is 10.2 Å². The Kier molecular flexibility index (Phi) is 4.24. The van der Waals surface area contributed by atoms with Crippen LogP contribution in [0.25, 0.3) is 22.4 Å². The highest BCUT2D eigenvalue weighted by Gasteiger charge is 2.31. The van der Waals surface area contributed by atoms with E-state index in [0.717, 1.165) is 18.2 Å². The van der Waals surface area contributed by atoms with Crippen LogP contribution in [-0.4, -0.2) is 26.3 Å². The van der Waals surface area contributed by atoms with Crippen molar-refractivity contribution in [2.24, 2.45) is 0 Å². The number of ketones is 1. The van der Waals surface area contributed by atoms with Crippen molar-refractivity contribution in [3.05, 3.63) is 66.2 Å². The summed E-state index contributed by atoms with van der Waals surface area (Å²) in [6.07, 6.45) is 2.01. The lowest BCUT2D eigenvalue weighted by Crippen LogP contribution is -2.04. The van der Waals surface area contributed by atoms with Crippen molar-refractivity contribution in [3.8, 4) is 11.4 Å². The summed E-state index contributed by atoms with van der Waals surface area (Å²) in [4.78, 5) is 12.6. The number of fused-ring (bicyclic) bond motifs is 1. The fourth-order valence-corrected chi connectivity index (χ4v) is 4.06. The predicted molar refractivity (Wildman–Crippen MR) is 105 cm³/mol. The van der Waals surface area contributed by atoms with E-state index in [-0.39, 0.29) is 23.4 Å². The van der Waals surface area contributed by atoms with Gasteiger partial charge >= 0.3 is 0 Å². The zero-order valence-electron chi connectivity index (χ0n) is 14.8. The molecule has 0 saturated heterocycles. The van der Waals surface area contributed by atoms with Crippen LogP contribution in [0.15, 0.2) is 64.2 Å². The largest absolute Gasteiger partial charge is 0.453 e. The summed E-state index contributed by atoms with van der Waals surface area (Å²) in [5.74, 6) is 0.590. The van der Waals surface area contributed by atoms with Crippen LogP contribution in [0.1, 0.15) is 29.4 Å². The molecule has 0 aliphatic heterocycles. The molecule has 1 saturated carbocycles. The maximum Gasteiger partial charge on any atom is 0.208 e. The lowest BCUT2D eigenvalue weighted by Gasteiger charge is -2.09. The van der Waals surface area contributed by atoms with E-state index in [1.165, 1.54) is 17.8 Å². The minimum Gasteiger partial charge on any atom is -0.453 e. The molecule has 7 heteroatoms. The number of hydrogen-bond donors (Lipinski definition) is 0. The lowest BCUT2D eigenvalue weighted by molar-refractivity contribution is 0.0994. The summed E-state index contributed by atoms with van der Waals surface area (Å²) in [5, 5.41) is 9.97. The highest BCUT2D eigenvalue weighted by atomic mass is 32.2. The zero-order valence-corrected chi connectivity index (χ0v) is 15.7. The van der Waals surface area contributed by atoms with Gasteiger partial charge in [0, 0.05) is 11.4 Å². The molecule has 2 aromatic carbocycles. The Hall–Kier alpha value is -2.93. The van der Waals surface area contributed by atoms with Crippen molar-refractivity contribution in [3.63, 3.8) is 0 Å². The Balaban J connectivity index is 1.40. The van der Waals surface area contributed by atoms with E-state index >= 15 is 0 Å². The summed E-state index contributed by atoms with van der Waals surface area (Å²) in [7, 11) is 0. The number of furan rings is 1. The van der Waals surface area contributed by atoms with E-state index in [9.17, 15) is 9.18 Å². The van der Waals surface area contributed by atoms with Gasteiger partial charge in [0.1, 0.15) is 11.4 Å². The topological polar surface area (TPSA) is 60.9 Å². The third kappa shape index (κ3) is 3.11. The molecule has 1 aliphatic carbocycles. The highest BCUT2D eigenvalue weighted by molar-refractivity contribution is 7.99. The molecule has 0 radical (unpaired) electrons. The van der Waals surface area contributed by atoms with Gasteiger partial charge in [0.25, 0.3) is 0 Å². The SMILES string of the molecule is O=C(CSc1nnc(-c2ccccc2F)n1C1CC1)c1cc2ccccc2o1. The Morgan fingerprint density at radius 3 is 2.71 bits per heavy atom. The molecule has 0 bridgehead atoms. The molecule has 2 aromatic heterocycles. The fraction of sp³-hybridized carbons (Fsp3) is 0.190. The second kappa shape index (κ2) is 6.91. The van der Waals surface area contributed by atoms with Crippen LogP contribution in [0.4, 0.5) is 4.39 Å². The smallest absolute Gasteiger partial charge is 0.208 e. The first-order chi connectivity index (χ1) is 13.7. The minimum absolute atomic E-state index is 0.112. The Labute approximate surface area is 164 Å². The average Bonchev–Trinajstić information content (AvgIpc) is 3.31. The number of thioether (sulfide) groups is 1. The molecule has 0 N–H and O–H groups in total. The van der Waals surface area contributed by atoms with E-state index in [1.807, 2.05) is 28.8 Å². The third-order valence-electron chi connectivity index (χ3n) is 4.72. The van der Waals surface area contributed by atoms with E-state index in [4.69, 9.17) is 4.42 Å². The predicted octanol–water partition coefficient (Wildman–Crippen LogP) is 5.14. The van der Waals surface area contributed by atoms with Gasteiger partial charge in [0.15, 0.2) is 16.7 Å². The molecule has 0 spiro atoms. The van der Waals surface area contributed by atoms with Gasteiger partial charge < -0.3 is 4.42 Å². The number of carbonyl (C=O) groups excluding carboxylic acids is 1. The standard InChI is InChI=1S/C21H16FN3O2S/c22-16-7-3-2-6-15(16)20-23-24-21(25(20)14-9-10-14)28-12-17(26)19-11-13-5-1-4-8-18(13)27-19/h1-8,11,14H,9-10,12H2. The second-order valence-corrected chi connectivity index (χ2v) is 7.69. The normalized spacial score (nSPS) is 13.9. The maximum atomic E-state index is 14.2. The number of carbonyl (C=O) groups is 1. The van der Waals surface area contributed by atoms with Crippen LogP contribution in [0.2, 0.25) is 0 Å². The third-order valence-corrected chi connectivity index (χ3v) is 5.67. The van der Waals surface area contributed by atoms with E-state index in [2.05, 4.69) is 10.2 Å². The molecule has 1 fully saturated rings. The molecule has 1 aliphatic rings. The number of para-hydroxylation sites is 1. The van der Waals surface area contributed by atoms with Crippen LogP contribution in [0, 0.1) is 5.82 Å². The number of hydrogen-bond acceptors (Lipinski definition) is 5. The van der Waals surface area contributed by atoms with Gasteiger partial charge in [-0.1, -0.05) is 42.1 Å². The monoisotopic (exact) mass is 393 g/mol. The first-order valence-electron chi connectivity index (χ1n) is 9.05. The summed E-state index contributed by atoms with van der Waals surface area (Å²) < 4.78 is 21.8. The molecule has 0 atom stereocenters. The zero-order chi connectivity index (χ0) is 19.1. The number of rotatable bonds is 6. The Morgan fingerprint density at radius 2 is 1.93 bits per heavy atom. The fourth-order valence-electron chi connectivity index (χ4n) is 3.18. The molecule has 0 amide bonds. The van der Waals surface area contributed by atoms with Gasteiger partial charge in [-0.3, -0.25) is 9.36 Å². The van der Waals surface area contributed by atoms with Gasteiger partial charge in [-0.2, -0.15) is 0 Å². The van der Waals surface area contributed by atoms with Crippen LogP contribution in [-0.2, 0) is 0 Å². The van der Waals surface area contributed by atoms with Crippen molar-refractivity contribution in [1.82, 2.24) is 14.8 Å². The number of benzene rings is 2. The first-order valence-corrected chi connectivity index (χ1v) is 10.0. The van der Waals surface area contributed by atoms with E-state index in [1.54, 1.807) is 24.3 Å². The number of Topliss-reactive ketones (excluding diaryl/α,β-unsaturated/α-hetero) is 1. The quantitative estimate of drug-likeness (QED) is 0.335. The summed E-state index contributed by atoms with van der Waals surface area (Å²) >= 11 is 1.31. The number of nitrogens with zero attached hydrogens (tertiary/aromatic N) is 3. The first kappa shape index (κ1) is 17.2. The Bertz CT molecular complexity index is 1150. The molecule has 0 unspecified atom stereocenters. The van der Waals surface area contributed by atoms with Crippen molar-refractivity contribution < 1.29 is 13.6 Å². The average molecular weight is 393 g/mol. The van der Waals surface area contributed by atoms with Crippen molar-refractivity contribution in [1.29, 1.82) is 0 Å². The van der Waals surface area contributed by atoms with Crippen molar-refractivity contribution in [2.45, 2.75) is 24.0 Å². The maximum absolute atomic E-state index is 14.2. The molecule has 28 heavy (non-hydrogen) atoms. The molecule has 4 aromatic rings. The molecule has 2 heterocycles. The lowest BCUT2D eigenvalue weighted by atomic mass is 10.2. The van der Waals surface area contributed by atoms with Gasteiger partial charge in [0.05, 0.1) is 11.3 Å². The van der Waals surface area contributed by atoms with Gasteiger partial charge in [0.2, 0.25) is 5.78 Å². The van der Waals surface area contributed by atoms with Crippen LogP contribution >= 0.6 is 11.8 Å². The summed E-state index contributed by atoms with van der Waals surface area (Å²) in [6.45, 7) is 0. The number of aromatic nitrogens is 3. The van der Waals surface area contributed by atoms with E-state index < -0.39 is 0 Å². The van der Waals surface area contributed by atoms with Gasteiger partial charge in [-0.25, -0.2) is 4.39 Å². The molecular weight excluding hydrogens is 377 g/mol. The molecule has 140 valence electrons.